The minimum absolute atomic E-state index is 0.323. The van der Waals surface area contributed by atoms with Gasteiger partial charge in [0.05, 0.1) is 5.02 Å². The minimum Gasteiger partial charge on any atom is -0.487 e. The number of ether oxygens (including phenoxy) is 1. The van der Waals surface area contributed by atoms with Crippen LogP contribution in [0.15, 0.2) is 48.5 Å². The Morgan fingerprint density at radius 1 is 1.29 bits per heavy atom. The van der Waals surface area contributed by atoms with Crippen molar-refractivity contribution in [2.75, 3.05) is 0 Å². The molecule has 0 radical (unpaired) electrons. The molecule has 0 saturated heterocycles. The second-order valence-corrected chi connectivity index (χ2v) is 5.00. The van der Waals surface area contributed by atoms with E-state index in [4.69, 9.17) is 21.4 Å². The van der Waals surface area contributed by atoms with Crippen LogP contribution in [0.1, 0.15) is 16.7 Å². The first-order valence-electron chi connectivity index (χ1n) is 6.44. The van der Waals surface area contributed by atoms with Gasteiger partial charge in [-0.2, -0.15) is 0 Å². The molecule has 0 aliphatic rings. The highest BCUT2D eigenvalue weighted by Gasteiger charge is 2.04. The van der Waals surface area contributed by atoms with Crippen molar-refractivity contribution >= 4 is 23.6 Å². The van der Waals surface area contributed by atoms with Crippen LogP contribution in [-0.2, 0) is 11.4 Å². The van der Waals surface area contributed by atoms with Gasteiger partial charge < -0.3 is 9.84 Å². The first kappa shape index (κ1) is 15.1. The third-order valence-electron chi connectivity index (χ3n) is 2.93. The largest absolute Gasteiger partial charge is 0.487 e. The fraction of sp³-hybridized carbons (Fsp3) is 0.118. The highest BCUT2D eigenvalue weighted by Crippen LogP contribution is 2.26. The van der Waals surface area contributed by atoms with E-state index < -0.39 is 5.97 Å². The highest BCUT2D eigenvalue weighted by atomic mass is 35.5. The van der Waals surface area contributed by atoms with Crippen molar-refractivity contribution in [3.63, 3.8) is 0 Å². The van der Waals surface area contributed by atoms with E-state index in [0.717, 1.165) is 22.8 Å². The summed E-state index contributed by atoms with van der Waals surface area (Å²) < 4.78 is 5.74. The van der Waals surface area contributed by atoms with Crippen LogP contribution in [0.2, 0.25) is 5.02 Å². The van der Waals surface area contributed by atoms with E-state index >= 15 is 0 Å². The zero-order valence-corrected chi connectivity index (χ0v) is 12.3. The maximum atomic E-state index is 10.6. The van der Waals surface area contributed by atoms with Gasteiger partial charge in [0.25, 0.3) is 0 Å². The van der Waals surface area contributed by atoms with Crippen molar-refractivity contribution in [2.45, 2.75) is 13.5 Å². The second-order valence-electron chi connectivity index (χ2n) is 4.59. The van der Waals surface area contributed by atoms with Crippen LogP contribution in [0.5, 0.6) is 5.75 Å². The van der Waals surface area contributed by atoms with E-state index in [-0.39, 0.29) is 0 Å². The maximum Gasteiger partial charge on any atom is 0.328 e. The summed E-state index contributed by atoms with van der Waals surface area (Å²) in [6, 6.07) is 13.1. The smallest absolute Gasteiger partial charge is 0.328 e. The fourth-order valence-electron chi connectivity index (χ4n) is 1.87. The summed E-state index contributed by atoms with van der Waals surface area (Å²) in [5.74, 6) is -0.360. The number of carboxylic acid groups (broad SMARTS) is 1. The Balaban J connectivity index is 2.16. The summed E-state index contributed by atoms with van der Waals surface area (Å²) in [6.07, 6.45) is 2.66. The second kappa shape index (κ2) is 6.95. The molecule has 21 heavy (non-hydrogen) atoms. The van der Waals surface area contributed by atoms with Crippen LogP contribution in [0.25, 0.3) is 6.08 Å². The molecule has 0 fully saturated rings. The molecule has 0 amide bonds. The van der Waals surface area contributed by atoms with E-state index in [0.29, 0.717) is 17.4 Å². The first-order chi connectivity index (χ1) is 10.1. The topological polar surface area (TPSA) is 46.5 Å². The fourth-order valence-corrected chi connectivity index (χ4v) is 2.04. The number of carboxylic acids is 1. The first-order valence-corrected chi connectivity index (χ1v) is 6.82. The summed E-state index contributed by atoms with van der Waals surface area (Å²) in [5.41, 5.74) is 2.77. The number of hydrogen-bond donors (Lipinski definition) is 1. The maximum absolute atomic E-state index is 10.6. The van der Waals surface area contributed by atoms with Crippen LogP contribution in [0, 0.1) is 6.92 Å². The third kappa shape index (κ3) is 4.36. The van der Waals surface area contributed by atoms with Gasteiger partial charge in [-0.15, -0.1) is 0 Å². The summed E-state index contributed by atoms with van der Waals surface area (Å²) >= 11 is 6.09. The molecule has 4 heteroatoms. The monoisotopic (exact) mass is 302 g/mol. The van der Waals surface area contributed by atoms with Gasteiger partial charge in [-0.3, -0.25) is 0 Å². The number of aliphatic carboxylic acids is 1. The molecular formula is C17H15ClO3. The number of aryl methyl sites for hydroxylation is 1. The van der Waals surface area contributed by atoms with Crippen molar-refractivity contribution in [1.82, 2.24) is 0 Å². The Kier molecular flexibility index (Phi) is 5.01. The van der Waals surface area contributed by atoms with Crippen LogP contribution in [-0.4, -0.2) is 11.1 Å². The Morgan fingerprint density at radius 2 is 2.05 bits per heavy atom. The molecule has 1 N–H and O–H groups in total. The van der Waals surface area contributed by atoms with Gasteiger partial charge >= 0.3 is 5.97 Å². The van der Waals surface area contributed by atoms with Crippen LogP contribution < -0.4 is 4.74 Å². The van der Waals surface area contributed by atoms with Crippen LogP contribution >= 0.6 is 11.6 Å². The lowest BCUT2D eigenvalue weighted by Crippen LogP contribution is -1.99. The quantitative estimate of drug-likeness (QED) is 0.836. The normalized spacial score (nSPS) is 10.8. The van der Waals surface area contributed by atoms with Crippen molar-refractivity contribution < 1.29 is 14.6 Å². The van der Waals surface area contributed by atoms with Gasteiger partial charge in [0, 0.05) is 6.08 Å². The molecule has 0 aliphatic heterocycles. The number of halogens is 1. The zero-order chi connectivity index (χ0) is 15.2. The van der Waals surface area contributed by atoms with Crippen molar-refractivity contribution in [3.8, 4) is 5.75 Å². The Morgan fingerprint density at radius 3 is 2.81 bits per heavy atom. The summed E-state index contributed by atoms with van der Waals surface area (Å²) in [7, 11) is 0. The number of benzene rings is 2. The standard InChI is InChI=1S/C17H15ClO3/c1-12-6-8-15(18)16(10-12)21-11-14-5-3-2-4-13(14)7-9-17(19)20/h2-10H,11H2,1H3,(H,19,20). The van der Waals surface area contributed by atoms with Gasteiger partial charge in [0.1, 0.15) is 12.4 Å². The SMILES string of the molecule is Cc1ccc(Cl)c(OCc2ccccc2C=CC(=O)O)c1. The molecule has 2 aromatic carbocycles. The van der Waals surface area contributed by atoms with Crippen molar-refractivity contribution in [1.29, 1.82) is 0 Å². The molecule has 0 aromatic heterocycles. The molecular weight excluding hydrogens is 288 g/mol. The molecule has 0 aliphatic carbocycles. The number of rotatable bonds is 5. The minimum atomic E-state index is -0.979. The van der Waals surface area contributed by atoms with Crippen LogP contribution in [0.4, 0.5) is 0 Å². The van der Waals surface area contributed by atoms with Gasteiger partial charge in [0.15, 0.2) is 0 Å². The van der Waals surface area contributed by atoms with Crippen LogP contribution in [0.3, 0.4) is 0 Å². The Hall–Kier alpha value is -2.26. The van der Waals surface area contributed by atoms with Crippen molar-refractivity contribution in [3.05, 3.63) is 70.3 Å². The number of hydrogen-bond acceptors (Lipinski definition) is 2. The lowest BCUT2D eigenvalue weighted by Gasteiger charge is -2.10. The number of carbonyl (C=O) groups is 1. The van der Waals surface area contributed by atoms with E-state index in [1.165, 1.54) is 0 Å². The molecule has 0 saturated carbocycles. The molecule has 108 valence electrons. The predicted octanol–water partition coefficient (Wildman–Crippen LogP) is 4.33. The lowest BCUT2D eigenvalue weighted by atomic mass is 10.1. The van der Waals surface area contributed by atoms with Gasteiger partial charge in [0.2, 0.25) is 0 Å². The van der Waals surface area contributed by atoms with Gasteiger partial charge in [-0.1, -0.05) is 41.9 Å². The Labute approximate surface area is 128 Å². The van der Waals surface area contributed by atoms with Gasteiger partial charge in [-0.25, -0.2) is 4.79 Å². The molecule has 0 spiro atoms. The Bertz CT molecular complexity index is 677. The highest BCUT2D eigenvalue weighted by molar-refractivity contribution is 6.32. The zero-order valence-electron chi connectivity index (χ0n) is 11.5. The van der Waals surface area contributed by atoms with E-state index in [1.54, 1.807) is 12.1 Å². The van der Waals surface area contributed by atoms with E-state index in [1.807, 2.05) is 43.3 Å². The third-order valence-corrected chi connectivity index (χ3v) is 3.24. The van der Waals surface area contributed by atoms with Gasteiger partial charge in [-0.05, 0) is 41.8 Å². The van der Waals surface area contributed by atoms with E-state index in [2.05, 4.69) is 0 Å². The average Bonchev–Trinajstić information content (AvgIpc) is 2.47. The molecule has 0 atom stereocenters. The molecule has 0 unspecified atom stereocenters. The van der Waals surface area contributed by atoms with E-state index in [9.17, 15) is 4.79 Å². The predicted molar refractivity (Wildman–Crippen MR) is 83.6 cm³/mol. The van der Waals surface area contributed by atoms with Crippen molar-refractivity contribution in [2.24, 2.45) is 0 Å². The summed E-state index contributed by atoms with van der Waals surface area (Å²) in [6.45, 7) is 2.29. The average molecular weight is 303 g/mol. The molecule has 0 bridgehead atoms. The molecule has 3 nitrogen and oxygen atoms in total. The summed E-state index contributed by atoms with van der Waals surface area (Å²) in [5, 5.41) is 9.26. The molecule has 2 rings (SSSR count). The lowest BCUT2D eigenvalue weighted by molar-refractivity contribution is -0.131. The summed E-state index contributed by atoms with van der Waals surface area (Å²) in [4.78, 5) is 10.6. The molecule has 2 aromatic rings. The molecule has 0 heterocycles.